The fraction of sp³-hybridized carbons (Fsp3) is 0.956. The summed E-state index contributed by atoms with van der Waals surface area (Å²) in [5.74, 6) is 6.59. The van der Waals surface area contributed by atoms with E-state index in [1.165, 1.54) is 89.9 Å². The molecule has 0 aromatic heterocycles. The van der Waals surface area contributed by atoms with E-state index in [2.05, 4.69) is 43.6 Å². The molecule has 10 aliphatic carbocycles. The van der Waals surface area contributed by atoms with Gasteiger partial charge in [0, 0.05) is 18.9 Å². The molecule has 51 heavy (non-hydrogen) atoms. The number of hydrogen-bond donors (Lipinski definition) is 3. The summed E-state index contributed by atoms with van der Waals surface area (Å²) < 4.78 is 0. The Morgan fingerprint density at radius 2 is 0.980 bits per heavy atom. The molecule has 10 rings (SSSR count). The van der Waals surface area contributed by atoms with Gasteiger partial charge in [0.2, 0.25) is 0 Å². The third kappa shape index (κ3) is 5.18. The monoisotopic (exact) mass is 770 g/mol. The SMILES string of the molecule is CC(=O)[C@H]1CC[C@H]2[C@@H]3CC[C@]45C[C@](C)(O)CC[C@]4(C5)[C@H]3CC[C@]12C.CO.C[C@@]1(O)CC[C@@]23C[C@@]2(CC[C@H]2[C@@H]4CC[C@H](C(=O)CBr)[C@@]4(C)CC[C@@H]23)C1. The van der Waals surface area contributed by atoms with Crippen LogP contribution in [0, 0.1) is 79.8 Å². The first-order valence-electron chi connectivity index (χ1n) is 21.5. The number of alkyl halides is 1. The largest absolute Gasteiger partial charge is 0.400 e. The van der Waals surface area contributed by atoms with Crippen molar-refractivity contribution in [3.05, 3.63) is 0 Å². The number of fused-ring (bicyclic) bond motifs is 6. The Hall–Kier alpha value is -0.300. The predicted molar refractivity (Wildman–Crippen MR) is 205 cm³/mol. The molecular formula is C45H71BrO5. The number of halogens is 1. The number of aliphatic hydroxyl groups excluding tert-OH is 1. The van der Waals surface area contributed by atoms with Crippen molar-refractivity contribution in [2.24, 2.45) is 79.8 Å². The highest BCUT2D eigenvalue weighted by Gasteiger charge is 2.78. The Bertz CT molecular complexity index is 1420. The molecule has 0 aliphatic heterocycles. The normalized spacial score (nSPS) is 58.1. The minimum Gasteiger partial charge on any atom is -0.400 e. The molecule has 0 spiro atoms. The van der Waals surface area contributed by atoms with Crippen LogP contribution in [0.4, 0.5) is 0 Å². The maximum Gasteiger partial charge on any atom is 0.147 e. The average molecular weight is 772 g/mol. The number of carbonyl (C=O) groups excluding carboxylic acids is 2. The molecule has 0 aromatic rings. The molecule has 0 amide bonds. The maximum atomic E-state index is 12.5. The van der Waals surface area contributed by atoms with Crippen LogP contribution in [-0.2, 0) is 9.59 Å². The molecule has 10 aliphatic rings. The van der Waals surface area contributed by atoms with E-state index < -0.39 is 11.2 Å². The highest BCUT2D eigenvalue weighted by atomic mass is 79.9. The van der Waals surface area contributed by atoms with Crippen molar-refractivity contribution in [2.45, 2.75) is 174 Å². The molecule has 0 bridgehead atoms. The van der Waals surface area contributed by atoms with Gasteiger partial charge in [-0.15, -0.1) is 0 Å². The maximum absolute atomic E-state index is 12.5. The Balaban J connectivity index is 0.000000140. The molecule has 288 valence electrons. The highest BCUT2D eigenvalue weighted by molar-refractivity contribution is 9.09. The van der Waals surface area contributed by atoms with E-state index in [0.29, 0.717) is 55.8 Å². The zero-order valence-corrected chi connectivity index (χ0v) is 34.6. The molecule has 0 heterocycles. The molecule has 0 radical (unpaired) electrons. The lowest BCUT2D eigenvalue weighted by Crippen LogP contribution is -2.51. The van der Waals surface area contributed by atoms with Gasteiger partial charge in [-0.25, -0.2) is 0 Å². The van der Waals surface area contributed by atoms with Crippen LogP contribution in [-0.4, -0.2) is 50.5 Å². The lowest BCUT2D eigenvalue weighted by atomic mass is 9.49. The summed E-state index contributed by atoms with van der Waals surface area (Å²) >= 11 is 3.43. The second-order valence-corrected chi connectivity index (χ2v) is 22.5. The van der Waals surface area contributed by atoms with Crippen LogP contribution in [0.1, 0.15) is 163 Å². The van der Waals surface area contributed by atoms with E-state index >= 15 is 0 Å². The van der Waals surface area contributed by atoms with Crippen LogP contribution >= 0.6 is 15.9 Å². The summed E-state index contributed by atoms with van der Waals surface area (Å²) in [6.07, 6.45) is 24.9. The van der Waals surface area contributed by atoms with Gasteiger partial charge in [-0.1, -0.05) is 29.8 Å². The molecule has 5 nitrogen and oxygen atoms in total. The fourth-order valence-electron chi connectivity index (χ4n) is 18.1. The van der Waals surface area contributed by atoms with Gasteiger partial charge < -0.3 is 15.3 Å². The molecule has 6 heteroatoms. The molecule has 16 atom stereocenters. The third-order valence-corrected chi connectivity index (χ3v) is 20.6. The summed E-state index contributed by atoms with van der Waals surface area (Å²) in [6.45, 7) is 10.9. The Morgan fingerprint density at radius 3 is 1.41 bits per heavy atom. The standard InChI is InChI=1S/C22H33BrO2.C22H34O2.CH4O/c1-19(25)9-10-22-13-21(22,12-19)8-5-14-15-3-4-17(18(24)11-23)20(15,2)7-6-16(14)22;1-14(23)16-4-5-17-15-6-9-21-12-19(2,24)10-11-22(21,13-21)18(15)7-8-20(16,17)3;1-2/h14-17,25H,3-13H2,1-2H3;15-18,24H,4-13H2,1-3H3;2H,1H3/t14-,15-,16-,17+,19+,20-,21+,22-;15-,16+,17-,18-,19+,20+,21+,22-;/m00./s1. The Morgan fingerprint density at radius 1 is 0.549 bits per heavy atom. The number of aliphatic hydroxyl groups is 3. The second-order valence-electron chi connectivity index (χ2n) is 22.0. The topological polar surface area (TPSA) is 94.8 Å². The van der Waals surface area contributed by atoms with Crippen LogP contribution < -0.4 is 0 Å². The lowest BCUT2D eigenvalue weighted by Gasteiger charge is -2.56. The van der Waals surface area contributed by atoms with E-state index in [1.807, 2.05) is 6.92 Å². The quantitative estimate of drug-likeness (QED) is 0.249. The van der Waals surface area contributed by atoms with Crippen molar-refractivity contribution in [3.8, 4) is 0 Å². The highest BCUT2D eigenvalue weighted by Crippen LogP contribution is 2.85. The number of carbonyl (C=O) groups is 2. The van der Waals surface area contributed by atoms with E-state index in [-0.39, 0.29) is 5.41 Å². The van der Waals surface area contributed by atoms with Crippen molar-refractivity contribution >= 4 is 27.5 Å². The molecule has 3 N–H and O–H groups in total. The van der Waals surface area contributed by atoms with Crippen LogP contribution in [0.2, 0.25) is 0 Å². The molecular weight excluding hydrogens is 700 g/mol. The van der Waals surface area contributed by atoms with Gasteiger partial charge in [-0.3, -0.25) is 9.59 Å². The van der Waals surface area contributed by atoms with Gasteiger partial charge >= 0.3 is 0 Å². The summed E-state index contributed by atoms with van der Waals surface area (Å²) in [4.78, 5) is 24.7. The molecule has 10 fully saturated rings. The second kappa shape index (κ2) is 12.1. The zero-order valence-electron chi connectivity index (χ0n) is 33.0. The van der Waals surface area contributed by atoms with E-state index in [0.717, 1.165) is 81.1 Å². The third-order valence-electron chi connectivity index (χ3n) is 20.0. The Kier molecular flexibility index (Phi) is 8.92. The fourth-order valence-corrected chi connectivity index (χ4v) is 18.5. The van der Waals surface area contributed by atoms with Gasteiger partial charge in [-0.05, 0) is 217 Å². The summed E-state index contributed by atoms with van der Waals surface area (Å²) in [5, 5.41) is 28.9. The van der Waals surface area contributed by atoms with Crippen molar-refractivity contribution in [2.75, 3.05) is 12.4 Å². The van der Waals surface area contributed by atoms with Crippen LogP contribution in [0.5, 0.6) is 0 Å². The number of hydrogen-bond acceptors (Lipinski definition) is 5. The summed E-state index contributed by atoms with van der Waals surface area (Å²) in [7, 11) is 1.00. The molecule has 0 saturated heterocycles. The first kappa shape index (κ1) is 37.6. The predicted octanol–water partition coefficient (Wildman–Crippen LogP) is 9.46. The number of Topliss-reactive ketones (excluding diaryl/α,β-unsaturated/α-hetero) is 2. The minimum atomic E-state index is -0.420. The smallest absolute Gasteiger partial charge is 0.147 e. The van der Waals surface area contributed by atoms with Crippen LogP contribution in [0.15, 0.2) is 0 Å². The van der Waals surface area contributed by atoms with Gasteiger partial charge in [0.15, 0.2) is 0 Å². The molecule has 10 saturated carbocycles. The zero-order chi connectivity index (χ0) is 36.6. The van der Waals surface area contributed by atoms with Crippen molar-refractivity contribution < 1.29 is 24.9 Å². The van der Waals surface area contributed by atoms with Gasteiger partial charge in [0.05, 0.1) is 16.5 Å². The van der Waals surface area contributed by atoms with E-state index in [9.17, 15) is 19.8 Å². The van der Waals surface area contributed by atoms with Crippen molar-refractivity contribution in [1.82, 2.24) is 0 Å². The van der Waals surface area contributed by atoms with E-state index in [4.69, 9.17) is 5.11 Å². The Labute approximate surface area is 317 Å². The average Bonchev–Trinajstić information content (AvgIpc) is 3.85. The lowest BCUT2D eigenvalue weighted by molar-refractivity contribution is -0.130. The first-order valence-corrected chi connectivity index (χ1v) is 22.6. The van der Waals surface area contributed by atoms with Gasteiger partial charge in [-0.2, -0.15) is 0 Å². The number of rotatable bonds is 3. The van der Waals surface area contributed by atoms with Crippen LogP contribution in [0.3, 0.4) is 0 Å². The van der Waals surface area contributed by atoms with Crippen molar-refractivity contribution in [1.29, 1.82) is 0 Å². The summed E-state index contributed by atoms with van der Waals surface area (Å²) in [5.41, 5.74) is 1.83. The van der Waals surface area contributed by atoms with Crippen molar-refractivity contribution in [3.63, 3.8) is 0 Å². The van der Waals surface area contributed by atoms with E-state index in [1.54, 1.807) is 0 Å². The first-order chi connectivity index (χ1) is 24.0. The number of ketones is 2. The van der Waals surface area contributed by atoms with Crippen LogP contribution in [0.25, 0.3) is 0 Å². The van der Waals surface area contributed by atoms with Gasteiger partial charge in [0.1, 0.15) is 11.6 Å². The minimum absolute atomic E-state index is 0.262. The summed E-state index contributed by atoms with van der Waals surface area (Å²) in [6, 6.07) is 0. The van der Waals surface area contributed by atoms with Gasteiger partial charge in [0.25, 0.3) is 0 Å². The molecule has 0 aromatic carbocycles. The molecule has 0 unspecified atom stereocenters.